The Morgan fingerprint density at radius 2 is 2.00 bits per heavy atom. The summed E-state index contributed by atoms with van der Waals surface area (Å²) in [5, 5.41) is 0. The molecule has 1 aromatic rings. The van der Waals surface area contributed by atoms with Gasteiger partial charge in [-0.25, -0.2) is 4.98 Å². The predicted octanol–water partition coefficient (Wildman–Crippen LogP) is 1.73. The predicted molar refractivity (Wildman–Crippen MR) is 54.6 cm³/mol. The number of hydrogen-bond donors (Lipinski definition) is 2. The van der Waals surface area contributed by atoms with E-state index in [0.717, 1.165) is 17.9 Å². The maximum absolute atomic E-state index is 5.54. The third kappa shape index (κ3) is 2.10. The fourth-order valence-electron chi connectivity index (χ4n) is 1.44. The van der Waals surface area contributed by atoms with E-state index in [9.17, 15) is 0 Å². The van der Waals surface area contributed by atoms with Crippen molar-refractivity contribution < 1.29 is 0 Å². The molecule has 0 saturated heterocycles. The lowest BCUT2D eigenvalue weighted by atomic mass is 9.90. The molecule has 3 nitrogen and oxygen atoms in total. The summed E-state index contributed by atoms with van der Waals surface area (Å²) in [5.41, 5.74) is 8.01. The molecular weight excluding hydrogens is 162 g/mol. The summed E-state index contributed by atoms with van der Waals surface area (Å²) in [4.78, 5) is 7.74. The molecule has 13 heavy (non-hydrogen) atoms. The number of nitrogens with zero attached hydrogens (tertiary/aromatic N) is 1. The van der Waals surface area contributed by atoms with Crippen molar-refractivity contribution >= 4 is 0 Å². The molecule has 0 amide bonds. The summed E-state index contributed by atoms with van der Waals surface area (Å²) in [6, 6.07) is 0. The third-order valence-corrected chi connectivity index (χ3v) is 2.09. The number of imidazole rings is 1. The Morgan fingerprint density at radius 1 is 1.38 bits per heavy atom. The summed E-state index contributed by atoms with van der Waals surface area (Å²) in [6.45, 7) is 9.13. The van der Waals surface area contributed by atoms with Crippen LogP contribution in [0.15, 0.2) is 0 Å². The molecule has 0 aromatic carbocycles. The average Bonchev–Trinajstić information content (AvgIpc) is 2.46. The summed E-state index contributed by atoms with van der Waals surface area (Å²) < 4.78 is 0. The molecule has 3 N–H and O–H groups in total. The minimum absolute atomic E-state index is 0.106. The Morgan fingerprint density at radius 3 is 2.31 bits per heavy atom. The molecule has 0 unspecified atom stereocenters. The van der Waals surface area contributed by atoms with Crippen molar-refractivity contribution in [3.63, 3.8) is 0 Å². The number of nitrogens with two attached hydrogens (primary N) is 1. The number of aromatic amines is 1. The van der Waals surface area contributed by atoms with E-state index in [1.807, 2.05) is 0 Å². The van der Waals surface area contributed by atoms with Crippen LogP contribution in [0.4, 0.5) is 0 Å². The van der Waals surface area contributed by atoms with Crippen LogP contribution in [0.3, 0.4) is 0 Å². The quantitative estimate of drug-likeness (QED) is 0.730. The van der Waals surface area contributed by atoms with Crippen LogP contribution in [0.5, 0.6) is 0 Å². The number of aryl methyl sites for hydroxylation is 1. The van der Waals surface area contributed by atoms with Crippen molar-refractivity contribution in [1.82, 2.24) is 9.97 Å². The molecule has 0 atom stereocenters. The van der Waals surface area contributed by atoms with Gasteiger partial charge in [-0.3, -0.25) is 0 Å². The van der Waals surface area contributed by atoms with E-state index in [4.69, 9.17) is 5.73 Å². The Hall–Kier alpha value is -0.830. The van der Waals surface area contributed by atoms with Crippen LogP contribution >= 0.6 is 0 Å². The first-order valence-corrected chi connectivity index (χ1v) is 4.77. The van der Waals surface area contributed by atoms with Crippen molar-refractivity contribution in [2.24, 2.45) is 5.73 Å². The number of hydrogen-bond acceptors (Lipinski definition) is 2. The van der Waals surface area contributed by atoms with Gasteiger partial charge in [-0.05, 0) is 6.42 Å². The van der Waals surface area contributed by atoms with Gasteiger partial charge in [0.15, 0.2) is 0 Å². The normalized spacial score (nSPS) is 12.1. The molecule has 1 heterocycles. The summed E-state index contributed by atoms with van der Waals surface area (Å²) in [6.07, 6.45) is 0.986. The van der Waals surface area contributed by atoms with Crippen LogP contribution in [0.1, 0.15) is 44.9 Å². The van der Waals surface area contributed by atoms with Crippen LogP contribution < -0.4 is 5.73 Å². The summed E-state index contributed by atoms with van der Waals surface area (Å²) in [7, 11) is 0. The van der Waals surface area contributed by atoms with Crippen LogP contribution in [0.25, 0.3) is 0 Å². The molecule has 0 aliphatic rings. The lowest BCUT2D eigenvalue weighted by Gasteiger charge is -2.16. The van der Waals surface area contributed by atoms with Gasteiger partial charge in [0.2, 0.25) is 0 Å². The lowest BCUT2D eigenvalue weighted by molar-refractivity contribution is 0.564. The average molecular weight is 181 g/mol. The molecule has 0 fully saturated rings. The highest BCUT2D eigenvalue weighted by Crippen LogP contribution is 2.24. The van der Waals surface area contributed by atoms with E-state index in [2.05, 4.69) is 37.7 Å². The topological polar surface area (TPSA) is 54.7 Å². The Bertz CT molecular complexity index is 281. The zero-order chi connectivity index (χ0) is 10.1. The number of aromatic nitrogens is 2. The maximum atomic E-state index is 5.54. The zero-order valence-corrected chi connectivity index (χ0v) is 8.94. The number of nitrogens with one attached hydrogen (secondary N) is 1. The van der Waals surface area contributed by atoms with Crippen molar-refractivity contribution in [3.05, 3.63) is 17.2 Å². The summed E-state index contributed by atoms with van der Waals surface area (Å²) >= 11 is 0. The largest absolute Gasteiger partial charge is 0.345 e. The monoisotopic (exact) mass is 181 g/mol. The highest BCUT2D eigenvalue weighted by molar-refractivity contribution is 5.22. The van der Waals surface area contributed by atoms with E-state index >= 15 is 0 Å². The summed E-state index contributed by atoms with van der Waals surface area (Å²) in [5.74, 6) is 0.891. The van der Waals surface area contributed by atoms with Gasteiger partial charge in [-0.1, -0.05) is 27.7 Å². The molecule has 1 aromatic heterocycles. The van der Waals surface area contributed by atoms with Crippen LogP contribution in [-0.4, -0.2) is 9.97 Å². The van der Waals surface area contributed by atoms with Crippen molar-refractivity contribution in [3.8, 4) is 0 Å². The van der Waals surface area contributed by atoms with Gasteiger partial charge in [-0.15, -0.1) is 0 Å². The molecule has 0 aliphatic heterocycles. The Labute approximate surface area is 79.8 Å². The molecular formula is C10H19N3. The molecule has 74 valence electrons. The third-order valence-electron chi connectivity index (χ3n) is 2.09. The SMILES string of the molecule is CCc1[nH]c(CN)nc1C(C)(C)C. The first kappa shape index (κ1) is 10.3. The first-order chi connectivity index (χ1) is 5.99. The second-order valence-electron chi connectivity index (χ2n) is 4.32. The van der Waals surface area contributed by atoms with E-state index in [-0.39, 0.29) is 5.41 Å². The second-order valence-corrected chi connectivity index (χ2v) is 4.32. The number of H-pyrrole nitrogens is 1. The Kier molecular flexibility index (Phi) is 2.76. The zero-order valence-electron chi connectivity index (χ0n) is 8.94. The first-order valence-electron chi connectivity index (χ1n) is 4.77. The molecule has 0 saturated carbocycles. The highest BCUT2D eigenvalue weighted by atomic mass is 15.0. The second kappa shape index (κ2) is 3.50. The van der Waals surface area contributed by atoms with Crippen molar-refractivity contribution in [2.45, 2.75) is 46.1 Å². The van der Waals surface area contributed by atoms with E-state index in [0.29, 0.717) is 6.54 Å². The standard InChI is InChI=1S/C10H19N3/c1-5-7-9(10(2,3)4)13-8(6-11)12-7/h5-6,11H2,1-4H3,(H,12,13). The van der Waals surface area contributed by atoms with Gasteiger partial charge in [0.05, 0.1) is 12.2 Å². The molecule has 0 spiro atoms. The van der Waals surface area contributed by atoms with Gasteiger partial charge in [0.1, 0.15) is 5.82 Å². The van der Waals surface area contributed by atoms with Gasteiger partial charge in [0, 0.05) is 11.1 Å². The van der Waals surface area contributed by atoms with Crippen molar-refractivity contribution in [2.75, 3.05) is 0 Å². The fourth-order valence-corrected chi connectivity index (χ4v) is 1.44. The minimum Gasteiger partial charge on any atom is -0.345 e. The molecule has 0 aliphatic carbocycles. The van der Waals surface area contributed by atoms with E-state index in [1.165, 1.54) is 5.69 Å². The van der Waals surface area contributed by atoms with Crippen LogP contribution in [-0.2, 0) is 18.4 Å². The molecule has 3 heteroatoms. The molecule has 1 rings (SSSR count). The fraction of sp³-hybridized carbons (Fsp3) is 0.700. The molecule has 0 bridgehead atoms. The highest BCUT2D eigenvalue weighted by Gasteiger charge is 2.21. The molecule has 0 radical (unpaired) electrons. The van der Waals surface area contributed by atoms with Crippen LogP contribution in [0.2, 0.25) is 0 Å². The lowest BCUT2D eigenvalue weighted by Crippen LogP contribution is -2.14. The van der Waals surface area contributed by atoms with Gasteiger partial charge in [0.25, 0.3) is 0 Å². The van der Waals surface area contributed by atoms with E-state index < -0.39 is 0 Å². The van der Waals surface area contributed by atoms with Crippen molar-refractivity contribution in [1.29, 1.82) is 0 Å². The van der Waals surface area contributed by atoms with Crippen LogP contribution in [0, 0.1) is 0 Å². The van der Waals surface area contributed by atoms with Gasteiger partial charge >= 0.3 is 0 Å². The van der Waals surface area contributed by atoms with Gasteiger partial charge in [-0.2, -0.15) is 0 Å². The van der Waals surface area contributed by atoms with Gasteiger partial charge < -0.3 is 10.7 Å². The van der Waals surface area contributed by atoms with E-state index in [1.54, 1.807) is 0 Å². The Balaban J connectivity index is 3.11. The smallest absolute Gasteiger partial charge is 0.120 e. The minimum atomic E-state index is 0.106. The number of rotatable bonds is 2. The maximum Gasteiger partial charge on any atom is 0.120 e.